The van der Waals surface area contributed by atoms with Crippen molar-refractivity contribution in [2.45, 2.75) is 31.5 Å². The van der Waals surface area contributed by atoms with Crippen molar-refractivity contribution in [1.82, 2.24) is 0 Å². The van der Waals surface area contributed by atoms with Gasteiger partial charge in [-0.25, -0.2) is 0 Å². The minimum absolute atomic E-state index is 0.222. The molecule has 12 heavy (non-hydrogen) atoms. The Bertz CT molecular complexity index is 154. The minimum Gasteiger partial charge on any atom is -0.396 e. The Morgan fingerprint density at radius 3 is 2.75 bits per heavy atom. The Morgan fingerprint density at radius 1 is 1.33 bits per heavy atom. The predicted molar refractivity (Wildman–Crippen MR) is 43.7 cm³/mol. The second-order valence-electron chi connectivity index (χ2n) is 3.76. The Morgan fingerprint density at radius 2 is 2.17 bits per heavy atom. The van der Waals surface area contributed by atoms with Crippen LogP contribution < -0.4 is 0 Å². The Labute approximate surface area is 72.7 Å². The lowest BCUT2D eigenvalue weighted by Gasteiger charge is -2.39. The summed E-state index contributed by atoms with van der Waals surface area (Å²) in [5.74, 6) is 0.0363. The lowest BCUT2D eigenvalue weighted by molar-refractivity contribution is -0.268. The average molecular weight is 172 g/mol. The molecule has 70 valence electrons. The molecule has 0 bridgehead atoms. The van der Waals surface area contributed by atoms with Gasteiger partial charge in [0.15, 0.2) is 5.79 Å². The van der Waals surface area contributed by atoms with Crippen molar-refractivity contribution in [3.8, 4) is 0 Å². The van der Waals surface area contributed by atoms with Crippen LogP contribution in [0.1, 0.15) is 25.7 Å². The van der Waals surface area contributed by atoms with Gasteiger partial charge >= 0.3 is 0 Å². The second kappa shape index (κ2) is 3.32. The summed E-state index contributed by atoms with van der Waals surface area (Å²) in [5.41, 5.74) is 0. The maximum atomic E-state index is 8.94. The smallest absolute Gasteiger partial charge is 0.168 e. The van der Waals surface area contributed by atoms with Crippen LogP contribution in [0.15, 0.2) is 0 Å². The van der Waals surface area contributed by atoms with E-state index < -0.39 is 0 Å². The fourth-order valence-electron chi connectivity index (χ4n) is 1.70. The first-order valence-corrected chi connectivity index (χ1v) is 4.73. The maximum Gasteiger partial charge on any atom is 0.168 e. The molecule has 0 aromatic carbocycles. The lowest BCUT2D eigenvalue weighted by atomic mass is 9.91. The second-order valence-corrected chi connectivity index (χ2v) is 3.76. The van der Waals surface area contributed by atoms with Crippen LogP contribution in [0.4, 0.5) is 0 Å². The third-order valence-electron chi connectivity index (χ3n) is 2.85. The van der Waals surface area contributed by atoms with E-state index >= 15 is 0 Å². The monoisotopic (exact) mass is 172 g/mol. The molecule has 1 unspecified atom stereocenters. The molecular formula is C9H16O3. The number of hydrogen-bond acceptors (Lipinski definition) is 3. The quantitative estimate of drug-likeness (QED) is 0.639. The summed E-state index contributed by atoms with van der Waals surface area (Å²) < 4.78 is 11.3. The van der Waals surface area contributed by atoms with Crippen LogP contribution in [0.25, 0.3) is 0 Å². The highest BCUT2D eigenvalue weighted by Crippen LogP contribution is 2.38. The zero-order valence-electron chi connectivity index (χ0n) is 7.29. The Balaban J connectivity index is 1.88. The minimum atomic E-state index is -0.246. The van der Waals surface area contributed by atoms with E-state index in [0.29, 0.717) is 6.61 Å². The van der Waals surface area contributed by atoms with Gasteiger partial charge in [0, 0.05) is 25.4 Å². The maximum absolute atomic E-state index is 8.94. The van der Waals surface area contributed by atoms with Gasteiger partial charge in [-0.05, 0) is 12.8 Å². The summed E-state index contributed by atoms with van der Waals surface area (Å²) >= 11 is 0. The molecule has 1 atom stereocenters. The molecule has 1 spiro atoms. The Kier molecular flexibility index (Phi) is 2.35. The molecule has 1 N–H and O–H groups in total. The number of ether oxygens (including phenoxy) is 2. The zero-order chi connectivity index (χ0) is 8.44. The molecule has 3 heteroatoms. The normalized spacial score (nSPS) is 34.2. The molecule has 0 amide bonds. The molecule has 0 aromatic heterocycles. The largest absolute Gasteiger partial charge is 0.396 e. The third kappa shape index (κ3) is 1.49. The van der Waals surface area contributed by atoms with Gasteiger partial charge < -0.3 is 14.6 Å². The molecule has 1 saturated carbocycles. The van der Waals surface area contributed by atoms with E-state index in [1.54, 1.807) is 0 Å². The van der Waals surface area contributed by atoms with Gasteiger partial charge in [-0.2, -0.15) is 0 Å². The highest BCUT2D eigenvalue weighted by molar-refractivity contribution is 4.82. The predicted octanol–water partition coefficient (Wildman–Crippen LogP) is 0.912. The van der Waals surface area contributed by atoms with Crippen molar-refractivity contribution in [2.75, 3.05) is 19.8 Å². The molecule has 3 nitrogen and oxygen atoms in total. The zero-order valence-corrected chi connectivity index (χ0v) is 7.29. The molecule has 1 aliphatic heterocycles. The first-order chi connectivity index (χ1) is 5.85. The van der Waals surface area contributed by atoms with Crippen molar-refractivity contribution in [2.24, 2.45) is 5.92 Å². The summed E-state index contributed by atoms with van der Waals surface area (Å²) in [7, 11) is 0. The third-order valence-corrected chi connectivity index (χ3v) is 2.85. The summed E-state index contributed by atoms with van der Waals surface area (Å²) in [6, 6.07) is 0. The van der Waals surface area contributed by atoms with Gasteiger partial charge in [-0.1, -0.05) is 0 Å². The van der Waals surface area contributed by atoms with Gasteiger partial charge in [0.25, 0.3) is 0 Å². The van der Waals surface area contributed by atoms with Gasteiger partial charge in [0.05, 0.1) is 13.2 Å². The van der Waals surface area contributed by atoms with Crippen molar-refractivity contribution >= 4 is 0 Å². The van der Waals surface area contributed by atoms with E-state index in [0.717, 1.165) is 25.9 Å². The summed E-state index contributed by atoms with van der Waals surface area (Å²) in [5, 5.41) is 8.94. The van der Waals surface area contributed by atoms with Crippen LogP contribution in [0, 0.1) is 5.92 Å². The van der Waals surface area contributed by atoms with Gasteiger partial charge in [0.2, 0.25) is 0 Å². The summed E-state index contributed by atoms with van der Waals surface area (Å²) in [6.07, 6.45) is 4.21. The van der Waals surface area contributed by atoms with E-state index in [2.05, 4.69) is 0 Å². The average Bonchev–Trinajstić information content (AvgIpc) is 2.24. The van der Waals surface area contributed by atoms with Crippen molar-refractivity contribution in [3.05, 3.63) is 0 Å². The molecule has 1 heterocycles. The lowest BCUT2D eigenvalue weighted by Crippen LogP contribution is -2.42. The van der Waals surface area contributed by atoms with Crippen LogP contribution in [0.2, 0.25) is 0 Å². The highest BCUT2D eigenvalue weighted by atomic mass is 16.7. The van der Waals surface area contributed by atoms with E-state index in [9.17, 15) is 0 Å². The molecule has 1 aliphatic carbocycles. The summed E-state index contributed by atoms with van der Waals surface area (Å²) in [4.78, 5) is 0. The van der Waals surface area contributed by atoms with Crippen LogP contribution >= 0.6 is 0 Å². The molecular weight excluding hydrogens is 156 g/mol. The number of hydrogen-bond donors (Lipinski definition) is 1. The van der Waals surface area contributed by atoms with Gasteiger partial charge in [-0.15, -0.1) is 0 Å². The van der Waals surface area contributed by atoms with Crippen molar-refractivity contribution < 1.29 is 14.6 Å². The Hall–Kier alpha value is -0.120. The first-order valence-electron chi connectivity index (χ1n) is 4.73. The number of rotatable bonds is 1. The van der Waals surface area contributed by atoms with E-state index in [-0.39, 0.29) is 18.3 Å². The van der Waals surface area contributed by atoms with Crippen LogP contribution in [-0.2, 0) is 9.47 Å². The molecule has 0 radical (unpaired) electrons. The van der Waals surface area contributed by atoms with Crippen LogP contribution in [0.5, 0.6) is 0 Å². The van der Waals surface area contributed by atoms with Crippen LogP contribution in [-0.4, -0.2) is 30.7 Å². The van der Waals surface area contributed by atoms with E-state index in [4.69, 9.17) is 14.6 Å². The molecule has 2 fully saturated rings. The van der Waals surface area contributed by atoms with Crippen molar-refractivity contribution in [3.63, 3.8) is 0 Å². The topological polar surface area (TPSA) is 38.7 Å². The fourth-order valence-corrected chi connectivity index (χ4v) is 1.70. The van der Waals surface area contributed by atoms with Crippen LogP contribution in [0.3, 0.4) is 0 Å². The summed E-state index contributed by atoms with van der Waals surface area (Å²) in [6.45, 7) is 1.63. The van der Waals surface area contributed by atoms with E-state index in [1.807, 2.05) is 0 Å². The molecule has 2 rings (SSSR count). The van der Waals surface area contributed by atoms with E-state index in [1.165, 1.54) is 6.42 Å². The van der Waals surface area contributed by atoms with Gasteiger partial charge in [0.1, 0.15) is 0 Å². The number of aliphatic hydroxyl groups is 1. The molecule has 0 aromatic rings. The fraction of sp³-hybridized carbons (Fsp3) is 1.00. The van der Waals surface area contributed by atoms with Crippen molar-refractivity contribution in [1.29, 1.82) is 0 Å². The molecule has 1 saturated heterocycles. The number of aliphatic hydroxyl groups excluding tert-OH is 1. The highest BCUT2D eigenvalue weighted by Gasteiger charge is 2.41. The molecule has 2 aliphatic rings. The SMILES string of the molecule is OCC1CCOC2(CCC2)OC1. The first kappa shape index (κ1) is 8.48. The standard InChI is InChI=1S/C9H16O3/c10-6-8-2-5-11-9(12-7-8)3-1-4-9/h8,10H,1-7H2. The van der Waals surface area contributed by atoms with Gasteiger partial charge in [-0.3, -0.25) is 0 Å².